The van der Waals surface area contributed by atoms with Gasteiger partial charge in [-0.15, -0.1) is 0 Å². The Morgan fingerprint density at radius 3 is 1.70 bits per heavy atom. The Morgan fingerprint density at radius 2 is 1.19 bits per heavy atom. The van der Waals surface area contributed by atoms with Crippen molar-refractivity contribution in [3.63, 3.8) is 0 Å². The molecule has 8 bridgehead atoms. The van der Waals surface area contributed by atoms with Crippen LogP contribution in [0.3, 0.4) is 0 Å². The maximum atomic E-state index is 9.99. The molecule has 0 aromatic rings. The molecule has 5 nitrogen and oxygen atoms in total. The SMILES string of the molecule is [2H]C1=C(C(=C)O)C2=CC3=NC(=CC4=NC(=CC5=NC(=CC1=N2)C=C5)C=C4)C=C3. The van der Waals surface area contributed by atoms with Gasteiger partial charge >= 0.3 is 0 Å². The van der Waals surface area contributed by atoms with Crippen LogP contribution in [0.5, 0.6) is 0 Å². The predicted molar refractivity (Wildman–Crippen MR) is 109 cm³/mol. The van der Waals surface area contributed by atoms with Gasteiger partial charge in [-0.05, 0) is 66.8 Å². The fourth-order valence-electron chi connectivity index (χ4n) is 3.05. The average molecular weight is 351 g/mol. The molecule has 0 aliphatic carbocycles. The largest absolute Gasteiger partial charge is 0.508 e. The fourth-order valence-corrected chi connectivity index (χ4v) is 3.05. The zero-order valence-electron chi connectivity index (χ0n) is 15.2. The number of fused-ring (bicyclic) bond motifs is 4. The lowest BCUT2D eigenvalue weighted by molar-refractivity contribution is 0.428. The molecule has 0 saturated carbocycles. The quantitative estimate of drug-likeness (QED) is 0.712. The van der Waals surface area contributed by atoms with Gasteiger partial charge in [0.25, 0.3) is 0 Å². The number of hydrogen-bond acceptors (Lipinski definition) is 5. The molecule has 5 heterocycles. The number of nitrogens with zero attached hydrogens (tertiary/aromatic N) is 4. The molecule has 0 aromatic carbocycles. The monoisotopic (exact) mass is 351 g/mol. The van der Waals surface area contributed by atoms with Gasteiger partial charge in [0.05, 0.1) is 47.0 Å². The van der Waals surface area contributed by atoms with Crippen LogP contribution in [-0.4, -0.2) is 28.0 Å². The summed E-state index contributed by atoms with van der Waals surface area (Å²) in [5.74, 6) is -0.197. The van der Waals surface area contributed by atoms with Crippen molar-refractivity contribution in [3.8, 4) is 0 Å². The Hall–Kier alpha value is -3.86. The van der Waals surface area contributed by atoms with Crippen LogP contribution in [0.15, 0.2) is 127 Å². The van der Waals surface area contributed by atoms with E-state index in [1.165, 1.54) is 0 Å². The second-order valence-corrected chi connectivity index (χ2v) is 6.29. The number of hydrogen-bond donors (Lipinski definition) is 1. The fraction of sp³-hybridized carbons (Fsp3) is 0. The van der Waals surface area contributed by atoms with Gasteiger partial charge < -0.3 is 5.11 Å². The van der Waals surface area contributed by atoms with Crippen molar-refractivity contribution in [2.75, 3.05) is 0 Å². The van der Waals surface area contributed by atoms with Crippen LogP contribution < -0.4 is 0 Å². The van der Waals surface area contributed by atoms with E-state index < -0.39 is 0 Å². The number of aliphatic hydroxyl groups is 1. The van der Waals surface area contributed by atoms with Crippen LogP contribution in [0, 0.1) is 0 Å². The molecule has 0 spiro atoms. The molecule has 1 N–H and O–H groups in total. The molecule has 0 unspecified atom stereocenters. The number of aliphatic imine (C=N–C) groups is 4. The van der Waals surface area contributed by atoms with Crippen molar-refractivity contribution in [1.29, 1.82) is 0 Å². The molecule has 0 aromatic heterocycles. The normalized spacial score (nSPS) is 22.6. The second kappa shape index (κ2) is 5.85. The molecule has 5 heteroatoms. The lowest BCUT2D eigenvalue weighted by atomic mass is 10.1. The van der Waals surface area contributed by atoms with Crippen LogP contribution in [-0.2, 0) is 0 Å². The zero-order valence-corrected chi connectivity index (χ0v) is 14.2. The van der Waals surface area contributed by atoms with E-state index in [1.54, 1.807) is 12.2 Å². The van der Waals surface area contributed by atoms with Gasteiger partial charge in [-0.2, -0.15) is 0 Å². The van der Waals surface area contributed by atoms with Crippen LogP contribution in [0.4, 0.5) is 0 Å². The third-order valence-corrected chi connectivity index (χ3v) is 4.25. The number of allylic oxidation sites excluding steroid dienone is 11. The van der Waals surface area contributed by atoms with E-state index in [0.717, 1.165) is 22.8 Å². The second-order valence-electron chi connectivity index (χ2n) is 6.29. The van der Waals surface area contributed by atoms with Crippen molar-refractivity contribution >= 4 is 22.8 Å². The minimum atomic E-state index is -0.197. The van der Waals surface area contributed by atoms with Gasteiger partial charge in [0.15, 0.2) is 0 Å². The molecule has 27 heavy (non-hydrogen) atoms. The first-order valence-corrected chi connectivity index (χ1v) is 8.41. The van der Waals surface area contributed by atoms with Crippen LogP contribution in [0.2, 0.25) is 0 Å². The van der Waals surface area contributed by atoms with Crippen LogP contribution >= 0.6 is 0 Å². The van der Waals surface area contributed by atoms with Gasteiger partial charge in [-0.3, -0.25) is 0 Å². The summed E-state index contributed by atoms with van der Waals surface area (Å²) < 4.78 is 8.39. The Bertz CT molecular complexity index is 1220. The molecule has 128 valence electrons. The highest BCUT2D eigenvalue weighted by atomic mass is 16.3. The van der Waals surface area contributed by atoms with E-state index >= 15 is 0 Å². The van der Waals surface area contributed by atoms with Crippen molar-refractivity contribution in [1.82, 2.24) is 0 Å². The first-order valence-electron chi connectivity index (χ1n) is 8.91. The van der Waals surface area contributed by atoms with Gasteiger partial charge in [-0.1, -0.05) is 6.58 Å². The molecule has 0 radical (unpaired) electrons. The summed E-state index contributed by atoms with van der Waals surface area (Å²) in [5.41, 5.74) is 5.69. The third-order valence-electron chi connectivity index (χ3n) is 4.25. The Kier molecular flexibility index (Phi) is 3.10. The predicted octanol–water partition coefficient (Wildman–Crippen LogP) is 4.02. The van der Waals surface area contributed by atoms with Gasteiger partial charge in [0.2, 0.25) is 0 Å². The van der Waals surface area contributed by atoms with Gasteiger partial charge in [0, 0.05) is 5.57 Å². The molecule has 0 fully saturated rings. The van der Waals surface area contributed by atoms with E-state index in [0.29, 0.717) is 28.4 Å². The highest BCUT2D eigenvalue weighted by Gasteiger charge is 2.18. The maximum Gasteiger partial charge on any atom is 0.117 e. The van der Waals surface area contributed by atoms with Crippen LogP contribution in [0.1, 0.15) is 1.37 Å². The summed E-state index contributed by atoms with van der Waals surface area (Å²) in [7, 11) is 0. The Balaban J connectivity index is 1.70. The van der Waals surface area contributed by atoms with E-state index in [4.69, 9.17) is 1.37 Å². The minimum Gasteiger partial charge on any atom is -0.508 e. The summed E-state index contributed by atoms with van der Waals surface area (Å²) in [6.45, 7) is 3.58. The summed E-state index contributed by atoms with van der Waals surface area (Å²) >= 11 is 0. The molecule has 0 saturated heterocycles. The summed E-state index contributed by atoms with van der Waals surface area (Å²) in [6, 6.07) is 0.108. The smallest absolute Gasteiger partial charge is 0.117 e. The maximum absolute atomic E-state index is 9.99. The first kappa shape index (κ1) is 14.3. The average Bonchev–Trinajstić information content (AvgIpc) is 3.40. The topological polar surface area (TPSA) is 69.7 Å². The number of aliphatic hydroxyl groups excluding tert-OH is 1. The van der Waals surface area contributed by atoms with E-state index in [9.17, 15) is 5.11 Å². The van der Waals surface area contributed by atoms with E-state index in [2.05, 4.69) is 26.5 Å². The molecule has 5 rings (SSSR count). The highest BCUT2D eigenvalue weighted by molar-refractivity contribution is 6.15. The van der Waals surface area contributed by atoms with Crippen molar-refractivity contribution in [2.24, 2.45) is 20.0 Å². The summed E-state index contributed by atoms with van der Waals surface area (Å²) in [5, 5.41) is 9.99. The first-order chi connectivity index (χ1) is 13.5. The Labute approximate surface area is 157 Å². The highest BCUT2D eigenvalue weighted by Crippen LogP contribution is 2.27. The van der Waals surface area contributed by atoms with E-state index in [-0.39, 0.29) is 11.8 Å². The molecular weight excluding hydrogens is 336 g/mol. The molecule has 5 aliphatic heterocycles. The molecule has 0 atom stereocenters. The van der Waals surface area contributed by atoms with Crippen molar-refractivity contribution < 1.29 is 6.48 Å². The summed E-state index contributed by atoms with van der Waals surface area (Å²) in [6.07, 6.45) is 18.6. The van der Waals surface area contributed by atoms with E-state index in [1.807, 2.05) is 48.6 Å². The Morgan fingerprint density at radius 1 is 0.704 bits per heavy atom. The van der Waals surface area contributed by atoms with Crippen LogP contribution in [0.25, 0.3) is 0 Å². The molecule has 5 aliphatic rings. The van der Waals surface area contributed by atoms with Crippen molar-refractivity contribution in [2.45, 2.75) is 0 Å². The molecule has 0 amide bonds. The van der Waals surface area contributed by atoms with Gasteiger partial charge in [-0.25, -0.2) is 20.0 Å². The minimum absolute atomic E-state index is 0.108. The third kappa shape index (κ3) is 2.95. The standard InChI is InChI=1S/C22H14N4O/c1-13(27)21-11-20-10-18-5-4-16(24-18)8-14-2-3-15(23-14)9-17-6-7-19(25-17)12-22(21)26-20/h2-12,27H,1H2/i11D. The lowest BCUT2D eigenvalue weighted by Gasteiger charge is -2.00. The summed E-state index contributed by atoms with van der Waals surface area (Å²) in [4.78, 5) is 18.2. The number of rotatable bonds is 1. The van der Waals surface area contributed by atoms with Gasteiger partial charge in [0.1, 0.15) is 5.76 Å². The molecular formula is C22H14N4O. The van der Waals surface area contributed by atoms with Crippen molar-refractivity contribution in [3.05, 3.63) is 108 Å². The zero-order chi connectivity index (χ0) is 19.3. The lowest BCUT2D eigenvalue weighted by Crippen LogP contribution is -1.92.